The summed E-state index contributed by atoms with van der Waals surface area (Å²) in [4.78, 5) is 4.82. The van der Waals surface area contributed by atoms with E-state index in [0.29, 0.717) is 18.8 Å². The second kappa shape index (κ2) is 6.40. The molecule has 2 aliphatic heterocycles. The highest BCUT2D eigenvalue weighted by molar-refractivity contribution is 7.89. The zero-order valence-electron chi connectivity index (χ0n) is 14.1. The van der Waals surface area contributed by atoms with Crippen LogP contribution in [0.3, 0.4) is 0 Å². The molecular formula is C18H21N3O3S. The van der Waals surface area contributed by atoms with Crippen molar-refractivity contribution in [1.82, 2.24) is 14.6 Å². The SMILES string of the molecule is COc1cccc(S(=O)(=O)N2Cc3cccnc3[C@@H]3CNC[C@H]3C2)c1. The zero-order chi connectivity index (χ0) is 17.4. The monoisotopic (exact) mass is 359 g/mol. The minimum atomic E-state index is -3.60. The number of hydrogen-bond donors (Lipinski definition) is 1. The third kappa shape index (κ3) is 2.92. The van der Waals surface area contributed by atoms with E-state index in [1.54, 1.807) is 34.8 Å². The number of benzene rings is 1. The summed E-state index contributed by atoms with van der Waals surface area (Å²) in [6.07, 6.45) is 1.79. The summed E-state index contributed by atoms with van der Waals surface area (Å²) in [5.41, 5.74) is 2.02. The van der Waals surface area contributed by atoms with Crippen LogP contribution in [-0.2, 0) is 16.6 Å². The molecule has 25 heavy (non-hydrogen) atoms. The predicted molar refractivity (Wildman–Crippen MR) is 93.9 cm³/mol. The number of pyridine rings is 1. The van der Waals surface area contributed by atoms with Gasteiger partial charge in [0.2, 0.25) is 10.0 Å². The molecule has 0 unspecified atom stereocenters. The third-order valence-corrected chi connectivity index (χ3v) is 6.89. The van der Waals surface area contributed by atoms with Crippen molar-refractivity contribution in [2.24, 2.45) is 5.92 Å². The highest BCUT2D eigenvalue weighted by Crippen LogP contribution is 2.35. The van der Waals surface area contributed by atoms with Crippen LogP contribution < -0.4 is 10.1 Å². The first kappa shape index (κ1) is 16.5. The standard InChI is InChI=1S/C18H21N3O3S/c1-24-15-5-2-6-16(8-15)25(22,23)21-11-13-4-3-7-20-18(13)17-10-19-9-14(17)12-21/h2-8,14,17,19H,9-12H2,1H3/t14-,17+/m0/s1. The summed E-state index contributed by atoms with van der Waals surface area (Å²) in [6, 6.07) is 10.5. The van der Waals surface area contributed by atoms with E-state index < -0.39 is 10.0 Å². The average Bonchev–Trinajstić information content (AvgIpc) is 3.03. The third-order valence-electron chi connectivity index (χ3n) is 5.08. The molecule has 0 bridgehead atoms. The van der Waals surface area contributed by atoms with Gasteiger partial charge in [-0.1, -0.05) is 12.1 Å². The second-order valence-corrected chi connectivity index (χ2v) is 8.49. The zero-order valence-corrected chi connectivity index (χ0v) is 14.9. The average molecular weight is 359 g/mol. The predicted octanol–water partition coefficient (Wildman–Crippen LogP) is 1.60. The van der Waals surface area contributed by atoms with Gasteiger partial charge in [-0.2, -0.15) is 4.31 Å². The number of ether oxygens (including phenoxy) is 1. The van der Waals surface area contributed by atoms with Crippen molar-refractivity contribution in [3.8, 4) is 5.75 Å². The fourth-order valence-electron chi connectivity index (χ4n) is 3.77. The summed E-state index contributed by atoms with van der Waals surface area (Å²) in [5.74, 6) is 1.04. The van der Waals surface area contributed by atoms with E-state index in [1.807, 2.05) is 12.1 Å². The molecule has 0 radical (unpaired) electrons. The summed E-state index contributed by atoms with van der Waals surface area (Å²) in [6.45, 7) is 2.51. The van der Waals surface area contributed by atoms with E-state index in [0.717, 1.165) is 24.3 Å². The molecule has 1 N–H and O–H groups in total. The highest BCUT2D eigenvalue weighted by Gasteiger charge is 2.39. The van der Waals surface area contributed by atoms with Gasteiger partial charge in [0.05, 0.1) is 12.0 Å². The molecule has 2 aliphatic rings. The molecule has 6 nitrogen and oxygen atoms in total. The summed E-state index contributed by atoms with van der Waals surface area (Å²) >= 11 is 0. The Morgan fingerprint density at radius 2 is 2.12 bits per heavy atom. The first-order chi connectivity index (χ1) is 12.1. The van der Waals surface area contributed by atoms with Crippen molar-refractivity contribution < 1.29 is 13.2 Å². The lowest BCUT2D eigenvalue weighted by molar-refractivity contribution is 0.349. The molecule has 7 heteroatoms. The van der Waals surface area contributed by atoms with Crippen LogP contribution in [0.2, 0.25) is 0 Å². The Labute approximate surface area is 147 Å². The number of sulfonamides is 1. The molecule has 3 heterocycles. The Morgan fingerprint density at radius 3 is 2.96 bits per heavy atom. The van der Waals surface area contributed by atoms with E-state index in [4.69, 9.17) is 4.74 Å². The lowest BCUT2D eigenvalue weighted by atomic mass is 9.91. The molecule has 1 fully saturated rings. The minimum Gasteiger partial charge on any atom is -0.497 e. The van der Waals surface area contributed by atoms with Gasteiger partial charge in [-0.15, -0.1) is 0 Å². The largest absolute Gasteiger partial charge is 0.497 e. The van der Waals surface area contributed by atoms with Crippen molar-refractivity contribution in [3.63, 3.8) is 0 Å². The van der Waals surface area contributed by atoms with Gasteiger partial charge in [-0.25, -0.2) is 8.42 Å². The fourth-order valence-corrected chi connectivity index (χ4v) is 5.28. The van der Waals surface area contributed by atoms with E-state index in [2.05, 4.69) is 10.3 Å². The van der Waals surface area contributed by atoms with E-state index in [-0.39, 0.29) is 16.7 Å². The van der Waals surface area contributed by atoms with Crippen LogP contribution in [0.4, 0.5) is 0 Å². The molecule has 0 aliphatic carbocycles. The van der Waals surface area contributed by atoms with Gasteiger partial charge >= 0.3 is 0 Å². The van der Waals surface area contributed by atoms with Crippen molar-refractivity contribution in [3.05, 3.63) is 53.9 Å². The van der Waals surface area contributed by atoms with Crippen LogP contribution >= 0.6 is 0 Å². The van der Waals surface area contributed by atoms with Gasteiger partial charge in [-0.3, -0.25) is 4.98 Å². The Kier molecular flexibility index (Phi) is 4.23. The molecule has 1 saturated heterocycles. The molecule has 1 aromatic carbocycles. The van der Waals surface area contributed by atoms with Crippen LogP contribution in [0.1, 0.15) is 17.2 Å². The maximum Gasteiger partial charge on any atom is 0.243 e. The molecule has 4 rings (SSSR count). The van der Waals surface area contributed by atoms with Gasteiger partial charge in [-0.05, 0) is 36.2 Å². The number of aromatic nitrogens is 1. The van der Waals surface area contributed by atoms with Crippen LogP contribution in [0.25, 0.3) is 0 Å². The topological polar surface area (TPSA) is 71.5 Å². The fraction of sp³-hybridized carbons (Fsp3) is 0.389. The van der Waals surface area contributed by atoms with Crippen molar-refractivity contribution >= 4 is 10.0 Å². The Hall–Kier alpha value is -1.96. The lowest BCUT2D eigenvalue weighted by Gasteiger charge is -2.23. The summed E-state index contributed by atoms with van der Waals surface area (Å²) < 4.78 is 33.2. The van der Waals surface area contributed by atoms with Crippen LogP contribution in [0, 0.1) is 5.92 Å². The van der Waals surface area contributed by atoms with Crippen molar-refractivity contribution in [1.29, 1.82) is 0 Å². The van der Waals surface area contributed by atoms with Gasteiger partial charge in [0, 0.05) is 43.5 Å². The van der Waals surface area contributed by atoms with Gasteiger partial charge in [0.15, 0.2) is 0 Å². The normalized spacial score (nSPS) is 23.6. The number of nitrogens with one attached hydrogen (secondary N) is 1. The summed E-state index contributed by atoms with van der Waals surface area (Å²) in [7, 11) is -2.07. The summed E-state index contributed by atoms with van der Waals surface area (Å²) in [5, 5.41) is 3.38. The second-order valence-electron chi connectivity index (χ2n) is 6.55. The smallest absolute Gasteiger partial charge is 0.243 e. The molecule has 2 atom stereocenters. The highest BCUT2D eigenvalue weighted by atomic mass is 32.2. The van der Waals surface area contributed by atoms with Gasteiger partial charge in [0.1, 0.15) is 5.75 Å². The molecule has 0 saturated carbocycles. The maximum atomic E-state index is 13.2. The van der Waals surface area contributed by atoms with Gasteiger partial charge in [0.25, 0.3) is 0 Å². The van der Waals surface area contributed by atoms with E-state index in [9.17, 15) is 8.42 Å². The first-order valence-corrected chi connectivity index (χ1v) is 9.82. The van der Waals surface area contributed by atoms with Crippen molar-refractivity contribution in [2.75, 3.05) is 26.7 Å². The molecule has 1 aromatic heterocycles. The first-order valence-electron chi connectivity index (χ1n) is 8.38. The lowest BCUT2D eigenvalue weighted by Crippen LogP contribution is -2.35. The molecule has 2 aromatic rings. The maximum absolute atomic E-state index is 13.2. The molecule has 132 valence electrons. The number of hydrogen-bond acceptors (Lipinski definition) is 5. The quantitative estimate of drug-likeness (QED) is 0.901. The molecule has 0 spiro atoms. The molecular weight excluding hydrogens is 338 g/mol. The number of nitrogens with zero attached hydrogens (tertiary/aromatic N) is 2. The number of rotatable bonds is 3. The Bertz CT molecular complexity index is 885. The van der Waals surface area contributed by atoms with Crippen LogP contribution in [-0.4, -0.2) is 44.5 Å². The number of methoxy groups -OCH3 is 1. The Balaban J connectivity index is 1.75. The van der Waals surface area contributed by atoms with Crippen LogP contribution in [0.5, 0.6) is 5.75 Å². The van der Waals surface area contributed by atoms with Crippen molar-refractivity contribution in [2.45, 2.75) is 17.4 Å². The minimum absolute atomic E-state index is 0.233. The Morgan fingerprint density at radius 1 is 1.24 bits per heavy atom. The van der Waals surface area contributed by atoms with Gasteiger partial charge < -0.3 is 10.1 Å². The van der Waals surface area contributed by atoms with E-state index in [1.165, 1.54) is 7.11 Å². The van der Waals surface area contributed by atoms with Crippen LogP contribution in [0.15, 0.2) is 47.5 Å². The van der Waals surface area contributed by atoms with E-state index >= 15 is 0 Å². The molecule has 0 amide bonds. The number of fused-ring (bicyclic) bond motifs is 3.